The number of allylic oxidation sites excluding steroid dienone is 4. The lowest BCUT2D eigenvalue weighted by atomic mass is 9.85. The van der Waals surface area contributed by atoms with Gasteiger partial charge in [0.1, 0.15) is 5.75 Å². The van der Waals surface area contributed by atoms with Crippen molar-refractivity contribution >= 4 is 23.5 Å². The molecule has 0 unspecified atom stereocenters. The second-order valence-corrected chi connectivity index (χ2v) is 7.05. The molecule has 5 nitrogen and oxygen atoms in total. The van der Waals surface area contributed by atoms with E-state index >= 15 is 0 Å². The zero-order valence-electron chi connectivity index (χ0n) is 14.4. The summed E-state index contributed by atoms with van der Waals surface area (Å²) in [4.78, 5) is 38.5. The van der Waals surface area contributed by atoms with Gasteiger partial charge in [-0.05, 0) is 26.0 Å². The van der Waals surface area contributed by atoms with Crippen LogP contribution in [-0.2, 0) is 14.4 Å². The Morgan fingerprint density at radius 3 is 2.12 bits per heavy atom. The fourth-order valence-corrected chi connectivity index (χ4v) is 4.54. The quantitative estimate of drug-likeness (QED) is 0.360. The lowest BCUT2D eigenvalue weighted by Gasteiger charge is -2.19. The third-order valence-corrected chi connectivity index (χ3v) is 5.33. The van der Waals surface area contributed by atoms with Crippen LogP contribution in [-0.4, -0.2) is 17.8 Å². The van der Waals surface area contributed by atoms with Crippen molar-refractivity contribution in [3.8, 4) is 5.75 Å². The summed E-state index contributed by atoms with van der Waals surface area (Å²) in [5.41, 5.74) is 2.88. The highest BCUT2D eigenvalue weighted by molar-refractivity contribution is 6.23. The van der Waals surface area contributed by atoms with Crippen LogP contribution in [0.3, 0.4) is 0 Å². The van der Waals surface area contributed by atoms with Crippen molar-refractivity contribution in [2.45, 2.75) is 20.8 Å². The van der Waals surface area contributed by atoms with E-state index in [0.717, 1.165) is 0 Å². The molecular weight excluding hydrogens is 318 g/mol. The number of esters is 1. The molecule has 4 rings (SSSR count). The molecule has 0 aromatic heterocycles. The molecule has 1 aromatic carbocycles. The summed E-state index contributed by atoms with van der Waals surface area (Å²) in [5.74, 6) is -1.01. The van der Waals surface area contributed by atoms with Crippen molar-refractivity contribution in [3.05, 3.63) is 47.6 Å². The number of ether oxygens (including phenoxy) is 1. The molecule has 1 aromatic rings. The third kappa shape index (κ3) is 2.18. The van der Waals surface area contributed by atoms with Gasteiger partial charge in [-0.2, -0.15) is 0 Å². The summed E-state index contributed by atoms with van der Waals surface area (Å²) >= 11 is 0. The molecule has 1 aliphatic heterocycles. The van der Waals surface area contributed by atoms with Crippen LogP contribution in [0.25, 0.3) is 0 Å². The van der Waals surface area contributed by atoms with Crippen molar-refractivity contribution in [1.29, 1.82) is 0 Å². The minimum atomic E-state index is -0.441. The highest BCUT2D eigenvalue weighted by Gasteiger charge is 2.61. The summed E-state index contributed by atoms with van der Waals surface area (Å²) < 4.78 is 5.07. The Morgan fingerprint density at radius 2 is 1.60 bits per heavy atom. The van der Waals surface area contributed by atoms with Crippen molar-refractivity contribution in [2.24, 2.45) is 23.7 Å². The zero-order valence-corrected chi connectivity index (χ0v) is 14.4. The number of hydrogen-bond acceptors (Lipinski definition) is 4. The van der Waals surface area contributed by atoms with Gasteiger partial charge in [-0.3, -0.25) is 14.4 Å². The van der Waals surface area contributed by atoms with E-state index in [1.807, 2.05) is 13.8 Å². The number of carbonyl (C=O) groups excluding carboxylic acids is 3. The summed E-state index contributed by atoms with van der Waals surface area (Å²) in [6.07, 6.45) is 4.14. The van der Waals surface area contributed by atoms with Crippen LogP contribution in [0.4, 0.5) is 5.69 Å². The van der Waals surface area contributed by atoms with E-state index in [4.69, 9.17) is 4.74 Å². The highest BCUT2D eigenvalue weighted by Crippen LogP contribution is 2.57. The van der Waals surface area contributed by atoms with Gasteiger partial charge >= 0.3 is 5.97 Å². The summed E-state index contributed by atoms with van der Waals surface area (Å²) in [6, 6.07) is 6.57. The van der Waals surface area contributed by atoms with Crippen molar-refractivity contribution in [1.82, 2.24) is 0 Å². The summed E-state index contributed by atoms with van der Waals surface area (Å²) in [6.45, 7) is 5.39. The Labute approximate surface area is 146 Å². The minimum absolute atomic E-state index is 0.0260. The van der Waals surface area contributed by atoms with Gasteiger partial charge in [0, 0.05) is 24.8 Å². The molecular formula is C20H19NO4. The molecule has 2 fully saturated rings. The van der Waals surface area contributed by atoms with E-state index in [0.29, 0.717) is 11.4 Å². The van der Waals surface area contributed by atoms with E-state index < -0.39 is 5.97 Å². The van der Waals surface area contributed by atoms with E-state index in [2.05, 4.69) is 12.2 Å². The normalized spacial score (nSPS) is 29.4. The first-order valence-corrected chi connectivity index (χ1v) is 8.42. The van der Waals surface area contributed by atoms with Gasteiger partial charge in [-0.25, -0.2) is 4.90 Å². The number of anilines is 1. The number of amides is 2. The Morgan fingerprint density at radius 1 is 1.00 bits per heavy atom. The first-order valence-electron chi connectivity index (χ1n) is 8.42. The topological polar surface area (TPSA) is 63.7 Å². The fraction of sp³-hybridized carbons (Fsp3) is 0.350. The standard InChI is InChI=1S/C20H19NO4/c1-10(2)16-14-7-8-15(16)18-17(14)19(23)21(20(18)24)12-5-4-6-13(9-12)25-11(3)22/h4-9,14-15,17-18H,1-3H3/t14-,15-,17-,18-/m1/s1. The molecule has 1 saturated carbocycles. The lowest BCUT2D eigenvalue weighted by molar-refractivity contribution is -0.132. The molecule has 3 aliphatic rings. The molecule has 2 bridgehead atoms. The predicted octanol–water partition coefficient (Wildman–Crippen LogP) is 2.87. The minimum Gasteiger partial charge on any atom is -0.427 e. The second-order valence-electron chi connectivity index (χ2n) is 7.05. The van der Waals surface area contributed by atoms with E-state index in [1.54, 1.807) is 24.3 Å². The van der Waals surface area contributed by atoms with Crippen molar-refractivity contribution < 1.29 is 19.1 Å². The van der Waals surface area contributed by atoms with Crippen LogP contribution in [0.5, 0.6) is 5.75 Å². The van der Waals surface area contributed by atoms with Gasteiger partial charge in [0.25, 0.3) is 0 Å². The predicted molar refractivity (Wildman–Crippen MR) is 91.7 cm³/mol. The number of hydrogen-bond donors (Lipinski definition) is 0. The molecule has 0 spiro atoms. The van der Waals surface area contributed by atoms with Gasteiger partial charge in [0.2, 0.25) is 11.8 Å². The molecule has 25 heavy (non-hydrogen) atoms. The molecule has 0 radical (unpaired) electrons. The average Bonchev–Trinajstić information content (AvgIpc) is 3.17. The molecule has 1 saturated heterocycles. The van der Waals surface area contributed by atoms with E-state index in [1.165, 1.54) is 23.0 Å². The number of fused-ring (bicyclic) bond motifs is 5. The fourth-order valence-electron chi connectivity index (χ4n) is 4.54. The number of imide groups is 1. The number of carbonyl (C=O) groups is 3. The van der Waals surface area contributed by atoms with Crippen molar-refractivity contribution in [2.75, 3.05) is 4.90 Å². The maximum atomic E-state index is 13.0. The highest BCUT2D eigenvalue weighted by atomic mass is 16.5. The van der Waals surface area contributed by atoms with E-state index in [9.17, 15) is 14.4 Å². The van der Waals surface area contributed by atoms with Crippen LogP contribution in [0.1, 0.15) is 20.8 Å². The van der Waals surface area contributed by atoms with Crippen molar-refractivity contribution in [3.63, 3.8) is 0 Å². The van der Waals surface area contributed by atoms with Gasteiger partial charge in [0.15, 0.2) is 0 Å². The Kier molecular flexibility index (Phi) is 3.42. The third-order valence-electron chi connectivity index (χ3n) is 5.33. The van der Waals surface area contributed by atoms with Gasteiger partial charge in [-0.1, -0.05) is 29.4 Å². The number of benzene rings is 1. The Bertz CT molecular complexity index is 828. The van der Waals surface area contributed by atoms with Gasteiger partial charge < -0.3 is 4.74 Å². The molecule has 4 atom stereocenters. The van der Waals surface area contributed by atoms with E-state index in [-0.39, 0.29) is 35.5 Å². The summed E-state index contributed by atoms with van der Waals surface area (Å²) in [5, 5.41) is 0. The molecule has 2 aliphatic carbocycles. The van der Waals surface area contributed by atoms with Crippen LogP contribution < -0.4 is 9.64 Å². The molecule has 5 heteroatoms. The SMILES string of the molecule is CC(=O)Oc1cccc(N2C(=O)[C@H]3[C@H](C2=O)[C@@H]2C=C[C@@H]3C2=C(C)C)c1. The van der Waals surface area contributed by atoms with Crippen LogP contribution >= 0.6 is 0 Å². The molecule has 128 valence electrons. The monoisotopic (exact) mass is 337 g/mol. The average molecular weight is 337 g/mol. The first-order chi connectivity index (χ1) is 11.9. The lowest BCUT2D eigenvalue weighted by Crippen LogP contribution is -2.33. The Balaban J connectivity index is 1.70. The van der Waals surface area contributed by atoms with Gasteiger partial charge in [0.05, 0.1) is 17.5 Å². The zero-order chi connectivity index (χ0) is 17.9. The number of nitrogens with zero attached hydrogens (tertiary/aromatic N) is 1. The second kappa shape index (κ2) is 5.41. The maximum Gasteiger partial charge on any atom is 0.308 e. The molecule has 2 amide bonds. The van der Waals surface area contributed by atoms with Crippen LogP contribution in [0.15, 0.2) is 47.6 Å². The maximum absolute atomic E-state index is 13.0. The largest absolute Gasteiger partial charge is 0.427 e. The van der Waals surface area contributed by atoms with Gasteiger partial charge in [-0.15, -0.1) is 0 Å². The summed E-state index contributed by atoms with van der Waals surface area (Å²) in [7, 11) is 0. The Hall–Kier alpha value is -2.69. The molecule has 1 heterocycles. The first kappa shape index (κ1) is 15.8. The smallest absolute Gasteiger partial charge is 0.308 e. The molecule has 0 N–H and O–H groups in total. The van der Waals surface area contributed by atoms with Crippen LogP contribution in [0.2, 0.25) is 0 Å². The van der Waals surface area contributed by atoms with Crippen LogP contribution in [0, 0.1) is 23.7 Å². The number of rotatable bonds is 2.